The van der Waals surface area contributed by atoms with Gasteiger partial charge in [-0.1, -0.05) is 0 Å². The molecule has 1 aromatic carbocycles. The Balaban J connectivity index is 2.35. The summed E-state index contributed by atoms with van der Waals surface area (Å²) in [7, 11) is 0. The van der Waals surface area contributed by atoms with Crippen LogP contribution < -0.4 is 10.2 Å². The van der Waals surface area contributed by atoms with E-state index in [2.05, 4.69) is 5.32 Å². The topological polar surface area (TPSA) is 66.5 Å². The second-order valence-electron chi connectivity index (χ2n) is 4.80. The summed E-state index contributed by atoms with van der Waals surface area (Å²) in [6, 6.07) is 5.94. The molecule has 0 unspecified atom stereocenters. The Labute approximate surface area is 105 Å². The van der Waals surface area contributed by atoms with E-state index in [1.807, 2.05) is 0 Å². The average molecular weight is 246 g/mol. The molecule has 1 aliphatic rings. The predicted octanol–water partition coefficient (Wildman–Crippen LogP) is 1.72. The molecule has 18 heavy (non-hydrogen) atoms. The Morgan fingerprint density at radius 1 is 1.17 bits per heavy atom. The predicted molar refractivity (Wildman–Crippen MR) is 66.5 cm³/mol. The summed E-state index contributed by atoms with van der Waals surface area (Å²) >= 11 is 0. The molecule has 1 fully saturated rings. The first-order chi connectivity index (χ1) is 8.33. The van der Waals surface area contributed by atoms with Gasteiger partial charge in [-0.2, -0.15) is 0 Å². The van der Waals surface area contributed by atoms with Crippen molar-refractivity contribution >= 4 is 23.4 Å². The van der Waals surface area contributed by atoms with Crippen LogP contribution in [0.1, 0.15) is 31.1 Å². The van der Waals surface area contributed by atoms with Crippen LogP contribution in [0.3, 0.4) is 0 Å². The molecular weight excluding hydrogens is 232 g/mol. The first-order valence-electron chi connectivity index (χ1n) is 5.60. The van der Waals surface area contributed by atoms with Crippen molar-refractivity contribution in [3.8, 4) is 0 Å². The number of amides is 3. The van der Waals surface area contributed by atoms with E-state index in [1.54, 1.807) is 38.1 Å². The molecule has 1 saturated heterocycles. The third-order valence-electron chi connectivity index (χ3n) is 2.89. The highest BCUT2D eigenvalue weighted by Gasteiger charge is 2.44. The molecule has 5 nitrogen and oxygen atoms in total. The number of anilines is 1. The third-order valence-corrected chi connectivity index (χ3v) is 2.89. The van der Waals surface area contributed by atoms with Gasteiger partial charge in [-0.3, -0.25) is 9.59 Å². The quantitative estimate of drug-likeness (QED) is 0.638. The molecule has 0 spiro atoms. The number of carbonyl (C=O) groups is 3. The normalized spacial score (nSPS) is 17.8. The van der Waals surface area contributed by atoms with E-state index >= 15 is 0 Å². The zero-order valence-corrected chi connectivity index (χ0v) is 10.5. The van der Waals surface area contributed by atoms with Crippen LogP contribution in [0, 0.1) is 0 Å². The lowest BCUT2D eigenvalue weighted by Gasteiger charge is -2.16. The number of Topliss-reactive ketones (excluding diaryl/α,β-unsaturated/α-hetero) is 1. The van der Waals surface area contributed by atoms with Crippen LogP contribution in [0.2, 0.25) is 0 Å². The zero-order valence-electron chi connectivity index (χ0n) is 10.5. The van der Waals surface area contributed by atoms with Crippen molar-refractivity contribution in [2.75, 3.05) is 4.90 Å². The van der Waals surface area contributed by atoms with E-state index in [4.69, 9.17) is 0 Å². The number of nitrogens with zero attached hydrogens (tertiary/aromatic N) is 1. The minimum atomic E-state index is -0.893. The van der Waals surface area contributed by atoms with Crippen molar-refractivity contribution in [3.05, 3.63) is 29.8 Å². The Bertz CT molecular complexity index is 532. The molecule has 94 valence electrons. The van der Waals surface area contributed by atoms with Crippen molar-refractivity contribution in [2.24, 2.45) is 0 Å². The lowest BCUT2D eigenvalue weighted by Crippen LogP contribution is -2.40. The summed E-state index contributed by atoms with van der Waals surface area (Å²) in [5, 5.41) is 2.60. The van der Waals surface area contributed by atoms with Crippen LogP contribution in [0.5, 0.6) is 0 Å². The first kappa shape index (κ1) is 12.3. The molecule has 1 aliphatic heterocycles. The lowest BCUT2D eigenvalue weighted by molar-refractivity contribution is -0.121. The fourth-order valence-corrected chi connectivity index (χ4v) is 1.83. The van der Waals surface area contributed by atoms with E-state index in [0.29, 0.717) is 11.3 Å². The summed E-state index contributed by atoms with van der Waals surface area (Å²) in [5.74, 6) is -0.359. The van der Waals surface area contributed by atoms with Gasteiger partial charge in [-0.15, -0.1) is 0 Å². The monoisotopic (exact) mass is 246 g/mol. The Kier molecular flexibility index (Phi) is 2.69. The van der Waals surface area contributed by atoms with Crippen LogP contribution in [0.4, 0.5) is 10.5 Å². The maximum absolute atomic E-state index is 12.0. The summed E-state index contributed by atoms with van der Waals surface area (Å²) in [6.45, 7) is 4.76. The van der Waals surface area contributed by atoms with Gasteiger partial charge in [-0.25, -0.2) is 9.69 Å². The first-order valence-corrected chi connectivity index (χ1v) is 5.60. The van der Waals surface area contributed by atoms with Gasteiger partial charge in [0.1, 0.15) is 5.54 Å². The summed E-state index contributed by atoms with van der Waals surface area (Å²) in [6.07, 6.45) is 0. The minimum absolute atomic E-state index is 0.0564. The maximum Gasteiger partial charge on any atom is 0.329 e. The van der Waals surface area contributed by atoms with Crippen molar-refractivity contribution in [1.29, 1.82) is 0 Å². The molecule has 0 aromatic heterocycles. The van der Waals surface area contributed by atoms with Gasteiger partial charge < -0.3 is 5.32 Å². The van der Waals surface area contributed by atoms with Gasteiger partial charge in [0.25, 0.3) is 5.91 Å². The highest BCUT2D eigenvalue weighted by Crippen LogP contribution is 2.24. The largest absolute Gasteiger partial charge is 0.329 e. The number of imide groups is 1. The Morgan fingerprint density at radius 2 is 1.72 bits per heavy atom. The van der Waals surface area contributed by atoms with Crippen molar-refractivity contribution in [2.45, 2.75) is 26.3 Å². The third kappa shape index (κ3) is 1.88. The minimum Gasteiger partial charge on any atom is -0.323 e. The standard InChI is InChI=1S/C13H14N2O3/c1-8(16)9-4-6-10(7-5-9)15-11(17)13(2,3)14-12(15)18/h4-7H,1-3H3,(H,14,18). The second-order valence-corrected chi connectivity index (χ2v) is 4.80. The smallest absolute Gasteiger partial charge is 0.323 e. The van der Waals surface area contributed by atoms with Crippen molar-refractivity contribution in [3.63, 3.8) is 0 Å². The molecule has 2 rings (SSSR count). The number of hydrogen-bond donors (Lipinski definition) is 1. The van der Waals surface area contributed by atoms with E-state index in [9.17, 15) is 14.4 Å². The van der Waals surface area contributed by atoms with E-state index in [0.717, 1.165) is 4.90 Å². The molecule has 0 atom stereocenters. The molecule has 3 amide bonds. The number of nitrogens with one attached hydrogen (secondary N) is 1. The molecule has 1 aromatic rings. The van der Waals surface area contributed by atoms with Crippen LogP contribution in [-0.2, 0) is 4.79 Å². The van der Waals surface area contributed by atoms with Gasteiger partial charge in [0.2, 0.25) is 0 Å². The number of rotatable bonds is 2. The second kappa shape index (κ2) is 3.94. The Morgan fingerprint density at radius 3 is 2.11 bits per heavy atom. The summed E-state index contributed by atoms with van der Waals surface area (Å²) in [5.41, 5.74) is 0.120. The molecule has 0 saturated carbocycles. The molecule has 5 heteroatoms. The number of carbonyl (C=O) groups excluding carboxylic acids is 3. The fraction of sp³-hybridized carbons (Fsp3) is 0.308. The molecule has 0 aliphatic carbocycles. The Hall–Kier alpha value is -2.17. The van der Waals surface area contributed by atoms with Crippen molar-refractivity contribution < 1.29 is 14.4 Å². The molecule has 1 N–H and O–H groups in total. The highest BCUT2D eigenvalue weighted by atomic mass is 16.2. The number of urea groups is 1. The van der Waals surface area contributed by atoms with Gasteiger partial charge >= 0.3 is 6.03 Å². The van der Waals surface area contributed by atoms with Gasteiger partial charge in [0.05, 0.1) is 5.69 Å². The fourth-order valence-electron chi connectivity index (χ4n) is 1.83. The lowest BCUT2D eigenvalue weighted by atomic mass is 10.1. The van der Waals surface area contributed by atoms with Crippen LogP contribution >= 0.6 is 0 Å². The van der Waals surface area contributed by atoms with Gasteiger partial charge in [0, 0.05) is 5.56 Å². The van der Waals surface area contributed by atoms with Crippen LogP contribution in [0.15, 0.2) is 24.3 Å². The summed E-state index contributed by atoms with van der Waals surface area (Å²) < 4.78 is 0. The van der Waals surface area contributed by atoms with Crippen molar-refractivity contribution in [1.82, 2.24) is 5.32 Å². The average Bonchev–Trinajstić information content (AvgIpc) is 2.48. The molecular formula is C13H14N2O3. The number of hydrogen-bond acceptors (Lipinski definition) is 3. The zero-order chi connectivity index (χ0) is 13.5. The van der Waals surface area contributed by atoms with Gasteiger partial charge in [-0.05, 0) is 45.0 Å². The maximum atomic E-state index is 12.0. The van der Waals surface area contributed by atoms with Gasteiger partial charge in [0.15, 0.2) is 5.78 Å². The van der Waals surface area contributed by atoms with Crippen LogP contribution in [-0.4, -0.2) is 23.3 Å². The summed E-state index contributed by atoms with van der Waals surface area (Å²) in [4.78, 5) is 36.0. The molecule has 0 radical (unpaired) electrons. The number of benzene rings is 1. The highest BCUT2D eigenvalue weighted by molar-refractivity contribution is 6.23. The molecule has 1 heterocycles. The van der Waals surface area contributed by atoms with E-state index in [1.165, 1.54) is 6.92 Å². The SMILES string of the molecule is CC(=O)c1ccc(N2C(=O)NC(C)(C)C2=O)cc1. The van der Waals surface area contributed by atoms with E-state index < -0.39 is 11.6 Å². The molecule has 0 bridgehead atoms. The van der Waals surface area contributed by atoms with Crippen LogP contribution in [0.25, 0.3) is 0 Å². The van der Waals surface area contributed by atoms with E-state index in [-0.39, 0.29) is 11.7 Å². The number of ketones is 1.